The molecule has 0 aliphatic carbocycles. The van der Waals surface area contributed by atoms with Gasteiger partial charge in [-0.3, -0.25) is 9.48 Å². The standard InChI is InChI=1S/C15H15BrN6O/c1-20(8-11-7-17-21(2)9-11)15(23)14-10-22(19-18-14)13-5-3-12(16)4-6-13/h3-7,9-10H,8H2,1-2H3. The van der Waals surface area contributed by atoms with Crippen LogP contribution in [0.3, 0.4) is 0 Å². The molecule has 2 heterocycles. The normalized spacial score (nSPS) is 10.7. The highest BCUT2D eigenvalue weighted by molar-refractivity contribution is 9.10. The van der Waals surface area contributed by atoms with Gasteiger partial charge >= 0.3 is 0 Å². The maximum absolute atomic E-state index is 12.4. The zero-order valence-corrected chi connectivity index (χ0v) is 14.3. The van der Waals surface area contributed by atoms with E-state index in [9.17, 15) is 4.79 Å². The number of rotatable bonds is 4. The van der Waals surface area contributed by atoms with Gasteiger partial charge < -0.3 is 4.90 Å². The fraction of sp³-hybridized carbons (Fsp3) is 0.200. The molecule has 8 heteroatoms. The van der Waals surface area contributed by atoms with Crippen LogP contribution in [0.1, 0.15) is 16.1 Å². The van der Waals surface area contributed by atoms with E-state index in [-0.39, 0.29) is 5.91 Å². The quantitative estimate of drug-likeness (QED) is 0.700. The summed E-state index contributed by atoms with van der Waals surface area (Å²) in [6, 6.07) is 7.61. The van der Waals surface area contributed by atoms with Crippen molar-refractivity contribution in [3.05, 3.63) is 58.6 Å². The predicted molar refractivity (Wildman–Crippen MR) is 88.1 cm³/mol. The van der Waals surface area contributed by atoms with Crippen LogP contribution in [-0.4, -0.2) is 42.6 Å². The van der Waals surface area contributed by atoms with Gasteiger partial charge in [-0.15, -0.1) is 5.10 Å². The first-order valence-electron chi connectivity index (χ1n) is 6.94. The summed E-state index contributed by atoms with van der Waals surface area (Å²) in [7, 11) is 3.57. The third-order valence-corrected chi connectivity index (χ3v) is 3.86. The van der Waals surface area contributed by atoms with E-state index in [4.69, 9.17) is 0 Å². The zero-order chi connectivity index (χ0) is 16.4. The van der Waals surface area contributed by atoms with E-state index in [0.29, 0.717) is 12.2 Å². The molecule has 3 rings (SSSR count). The molecule has 0 saturated carbocycles. The molecule has 0 unspecified atom stereocenters. The van der Waals surface area contributed by atoms with Gasteiger partial charge in [0, 0.05) is 36.9 Å². The van der Waals surface area contributed by atoms with E-state index in [0.717, 1.165) is 15.7 Å². The van der Waals surface area contributed by atoms with Crippen molar-refractivity contribution in [3.63, 3.8) is 0 Å². The first kappa shape index (κ1) is 15.4. The molecule has 2 aromatic heterocycles. The highest BCUT2D eigenvalue weighted by Crippen LogP contribution is 2.14. The van der Waals surface area contributed by atoms with Gasteiger partial charge in [0.2, 0.25) is 0 Å². The molecule has 0 saturated heterocycles. The van der Waals surface area contributed by atoms with E-state index < -0.39 is 0 Å². The molecule has 0 aliphatic rings. The Kier molecular flexibility index (Phi) is 4.24. The average molecular weight is 375 g/mol. The van der Waals surface area contributed by atoms with Gasteiger partial charge in [-0.2, -0.15) is 5.10 Å². The number of hydrogen-bond acceptors (Lipinski definition) is 4. The molecule has 7 nitrogen and oxygen atoms in total. The van der Waals surface area contributed by atoms with Crippen molar-refractivity contribution in [2.24, 2.45) is 7.05 Å². The van der Waals surface area contributed by atoms with E-state index in [1.807, 2.05) is 37.5 Å². The molecule has 0 N–H and O–H groups in total. The molecule has 23 heavy (non-hydrogen) atoms. The molecule has 0 atom stereocenters. The van der Waals surface area contributed by atoms with Crippen LogP contribution in [0.2, 0.25) is 0 Å². The number of carbonyl (C=O) groups excluding carboxylic acids is 1. The van der Waals surface area contributed by atoms with Gasteiger partial charge in [-0.25, -0.2) is 4.68 Å². The van der Waals surface area contributed by atoms with Gasteiger partial charge in [0.15, 0.2) is 5.69 Å². The highest BCUT2D eigenvalue weighted by atomic mass is 79.9. The monoisotopic (exact) mass is 374 g/mol. The smallest absolute Gasteiger partial charge is 0.276 e. The Hall–Kier alpha value is -2.48. The minimum atomic E-state index is -0.183. The number of aromatic nitrogens is 5. The molecule has 118 valence electrons. The number of amides is 1. The zero-order valence-electron chi connectivity index (χ0n) is 12.7. The van der Waals surface area contributed by atoms with Gasteiger partial charge in [0.25, 0.3) is 5.91 Å². The number of halogens is 1. The first-order chi connectivity index (χ1) is 11.0. The van der Waals surface area contributed by atoms with Crippen molar-refractivity contribution in [2.45, 2.75) is 6.54 Å². The summed E-state index contributed by atoms with van der Waals surface area (Å²) in [5, 5.41) is 12.1. The van der Waals surface area contributed by atoms with E-state index in [2.05, 4.69) is 31.3 Å². The Bertz CT molecular complexity index is 823. The second kappa shape index (κ2) is 6.33. The number of aryl methyl sites for hydroxylation is 1. The summed E-state index contributed by atoms with van der Waals surface area (Å²) in [4.78, 5) is 14.0. The van der Waals surface area contributed by atoms with Crippen LogP contribution in [0.15, 0.2) is 47.3 Å². The fourth-order valence-electron chi connectivity index (χ4n) is 2.18. The molecule has 1 aromatic carbocycles. The molecule has 3 aromatic rings. The second-order valence-electron chi connectivity index (χ2n) is 5.21. The van der Waals surface area contributed by atoms with Gasteiger partial charge in [0.05, 0.1) is 18.1 Å². The molecule has 1 amide bonds. The summed E-state index contributed by atoms with van der Waals surface area (Å²) in [5.74, 6) is -0.183. The molecule has 0 aliphatic heterocycles. The largest absolute Gasteiger partial charge is 0.336 e. The maximum Gasteiger partial charge on any atom is 0.276 e. The lowest BCUT2D eigenvalue weighted by molar-refractivity contribution is 0.0779. The molecule has 0 spiro atoms. The summed E-state index contributed by atoms with van der Waals surface area (Å²) >= 11 is 3.39. The van der Waals surface area contributed by atoms with Crippen molar-refractivity contribution in [2.75, 3.05) is 7.05 Å². The molecular weight excluding hydrogens is 360 g/mol. The topological polar surface area (TPSA) is 68.8 Å². The SMILES string of the molecule is CN(Cc1cnn(C)c1)C(=O)c1cn(-c2ccc(Br)cc2)nn1. The van der Waals surface area contributed by atoms with Crippen molar-refractivity contribution in [3.8, 4) is 5.69 Å². The molecular formula is C15H15BrN6O. The van der Waals surface area contributed by atoms with Crippen LogP contribution in [0.4, 0.5) is 0 Å². The van der Waals surface area contributed by atoms with E-state index >= 15 is 0 Å². The minimum absolute atomic E-state index is 0.183. The van der Waals surface area contributed by atoms with E-state index in [1.54, 1.807) is 33.7 Å². The van der Waals surface area contributed by atoms with Crippen LogP contribution < -0.4 is 0 Å². The Balaban J connectivity index is 1.74. The Morgan fingerprint density at radius 2 is 2.00 bits per heavy atom. The number of carbonyl (C=O) groups is 1. The Labute approximate surface area is 141 Å². The van der Waals surface area contributed by atoms with Crippen molar-refractivity contribution >= 4 is 21.8 Å². The van der Waals surface area contributed by atoms with Crippen molar-refractivity contribution in [1.29, 1.82) is 0 Å². The summed E-state index contributed by atoms with van der Waals surface area (Å²) in [6.45, 7) is 0.470. The van der Waals surface area contributed by atoms with Gasteiger partial charge in [-0.1, -0.05) is 21.1 Å². The Morgan fingerprint density at radius 1 is 1.26 bits per heavy atom. The Morgan fingerprint density at radius 3 is 2.65 bits per heavy atom. The third kappa shape index (κ3) is 3.48. The first-order valence-corrected chi connectivity index (χ1v) is 7.73. The lowest BCUT2D eigenvalue weighted by Gasteiger charge is -2.14. The van der Waals surface area contributed by atoms with Crippen LogP contribution in [0.5, 0.6) is 0 Å². The summed E-state index contributed by atoms with van der Waals surface area (Å²) < 4.78 is 4.27. The molecule has 0 bridgehead atoms. The summed E-state index contributed by atoms with van der Waals surface area (Å²) in [6.07, 6.45) is 5.25. The fourth-order valence-corrected chi connectivity index (χ4v) is 2.44. The van der Waals surface area contributed by atoms with Crippen LogP contribution in [0.25, 0.3) is 5.69 Å². The van der Waals surface area contributed by atoms with Crippen LogP contribution >= 0.6 is 15.9 Å². The number of hydrogen-bond donors (Lipinski definition) is 0. The second-order valence-corrected chi connectivity index (χ2v) is 6.12. The van der Waals surface area contributed by atoms with Gasteiger partial charge in [0.1, 0.15) is 0 Å². The lowest BCUT2D eigenvalue weighted by Crippen LogP contribution is -2.26. The van der Waals surface area contributed by atoms with Crippen LogP contribution in [0, 0.1) is 0 Å². The molecule has 0 fully saturated rings. The van der Waals surface area contributed by atoms with E-state index in [1.165, 1.54) is 0 Å². The molecule has 0 radical (unpaired) electrons. The average Bonchev–Trinajstić information content (AvgIpc) is 3.16. The van der Waals surface area contributed by atoms with Crippen molar-refractivity contribution in [1.82, 2.24) is 29.7 Å². The number of nitrogens with zero attached hydrogens (tertiary/aromatic N) is 6. The highest BCUT2D eigenvalue weighted by Gasteiger charge is 2.17. The van der Waals surface area contributed by atoms with Gasteiger partial charge in [-0.05, 0) is 24.3 Å². The van der Waals surface area contributed by atoms with Crippen molar-refractivity contribution < 1.29 is 4.79 Å². The maximum atomic E-state index is 12.4. The third-order valence-electron chi connectivity index (χ3n) is 3.33. The predicted octanol–water partition coefficient (Wildman–Crippen LogP) is 2.04. The summed E-state index contributed by atoms with van der Waals surface area (Å²) in [5.41, 5.74) is 2.11. The number of benzene rings is 1. The minimum Gasteiger partial charge on any atom is -0.336 e. The lowest BCUT2D eigenvalue weighted by atomic mass is 10.3. The van der Waals surface area contributed by atoms with Crippen LogP contribution in [-0.2, 0) is 13.6 Å².